The molecule has 152 valence electrons. The monoisotopic (exact) mass is 414 g/mol. The Balaban J connectivity index is 1.48. The van der Waals surface area contributed by atoms with Gasteiger partial charge in [-0.3, -0.25) is 4.79 Å². The Hall–Kier alpha value is -2.58. The number of benzene rings is 1. The van der Waals surface area contributed by atoms with Crippen molar-refractivity contribution < 1.29 is 23.8 Å². The third-order valence-corrected chi connectivity index (χ3v) is 6.63. The normalized spacial score (nSPS) is 30.5. The summed E-state index contributed by atoms with van der Waals surface area (Å²) in [6.45, 7) is 1.05. The SMILES string of the molecule is COc1ccc(CN2C(=S)N(Cc3ccco3)[C@H]3[C@H]2[C@H]2OC(=O)[C@H]3C[C@H]2O)cc1. The Morgan fingerprint density at radius 3 is 2.62 bits per heavy atom. The molecule has 4 heterocycles. The topological polar surface area (TPSA) is 75.4 Å². The molecule has 29 heavy (non-hydrogen) atoms. The van der Waals surface area contributed by atoms with Crippen molar-refractivity contribution in [1.82, 2.24) is 9.80 Å². The van der Waals surface area contributed by atoms with Crippen molar-refractivity contribution in [1.29, 1.82) is 0 Å². The molecule has 0 radical (unpaired) electrons. The van der Waals surface area contributed by atoms with Crippen LogP contribution in [0.5, 0.6) is 5.75 Å². The Kier molecular flexibility index (Phi) is 4.48. The molecule has 1 aromatic heterocycles. The van der Waals surface area contributed by atoms with E-state index in [1.165, 1.54) is 0 Å². The van der Waals surface area contributed by atoms with Crippen LogP contribution >= 0.6 is 12.2 Å². The number of ether oxygens (including phenoxy) is 2. The van der Waals surface area contributed by atoms with Crippen LogP contribution in [0.3, 0.4) is 0 Å². The number of fused-ring (bicyclic) bond motifs is 2. The number of methoxy groups -OCH3 is 1. The predicted molar refractivity (Wildman–Crippen MR) is 107 cm³/mol. The number of rotatable bonds is 5. The lowest BCUT2D eigenvalue weighted by Crippen LogP contribution is -2.66. The summed E-state index contributed by atoms with van der Waals surface area (Å²) < 4.78 is 16.4. The number of hydrogen-bond donors (Lipinski definition) is 1. The lowest BCUT2D eigenvalue weighted by molar-refractivity contribution is -0.199. The highest BCUT2D eigenvalue weighted by Crippen LogP contribution is 2.45. The Morgan fingerprint density at radius 1 is 1.17 bits per heavy atom. The minimum absolute atomic E-state index is 0.138. The quantitative estimate of drug-likeness (QED) is 0.588. The van der Waals surface area contributed by atoms with Gasteiger partial charge in [-0.2, -0.15) is 0 Å². The molecule has 8 heteroatoms. The molecule has 0 unspecified atom stereocenters. The Bertz CT molecular complexity index is 916. The van der Waals surface area contributed by atoms with Crippen LogP contribution in [0, 0.1) is 5.92 Å². The van der Waals surface area contributed by atoms with Crippen LogP contribution in [0.2, 0.25) is 0 Å². The van der Waals surface area contributed by atoms with Gasteiger partial charge in [0, 0.05) is 6.54 Å². The van der Waals surface area contributed by atoms with Gasteiger partial charge in [0.2, 0.25) is 0 Å². The van der Waals surface area contributed by atoms with Crippen molar-refractivity contribution in [3.63, 3.8) is 0 Å². The lowest BCUT2D eigenvalue weighted by Gasteiger charge is -2.49. The second-order valence-electron chi connectivity index (χ2n) is 7.76. The van der Waals surface area contributed by atoms with E-state index >= 15 is 0 Å². The van der Waals surface area contributed by atoms with Gasteiger partial charge in [0.15, 0.2) is 5.11 Å². The van der Waals surface area contributed by atoms with Crippen molar-refractivity contribution in [3.8, 4) is 5.75 Å². The Morgan fingerprint density at radius 2 is 1.93 bits per heavy atom. The van der Waals surface area contributed by atoms with Gasteiger partial charge in [0.05, 0.1) is 44.0 Å². The first kappa shape index (κ1) is 18.4. The standard InChI is InChI=1S/C21H22N2O5S/c1-26-13-6-4-12(5-7-13)10-22-18-17(15-9-16(24)19(18)28-20(15)25)23(21(22)29)11-14-3-2-8-27-14/h2-8,15-19,24H,9-11H2,1H3/t15-,16+,17+,18-,19-/m0/s1. The molecule has 3 aliphatic heterocycles. The van der Waals surface area contributed by atoms with Gasteiger partial charge in [0.1, 0.15) is 17.6 Å². The van der Waals surface area contributed by atoms with Crippen LogP contribution in [0.15, 0.2) is 47.1 Å². The average Bonchev–Trinajstić information content (AvgIpc) is 3.33. The molecule has 1 N–H and O–H groups in total. The van der Waals surface area contributed by atoms with E-state index in [2.05, 4.69) is 9.80 Å². The number of carbonyl (C=O) groups is 1. The van der Waals surface area contributed by atoms with Gasteiger partial charge < -0.3 is 28.8 Å². The largest absolute Gasteiger partial charge is 0.497 e. The van der Waals surface area contributed by atoms with Crippen LogP contribution < -0.4 is 4.74 Å². The number of nitrogens with zero attached hydrogens (tertiary/aromatic N) is 2. The van der Waals surface area contributed by atoms with Gasteiger partial charge in [0.25, 0.3) is 0 Å². The molecular weight excluding hydrogens is 392 g/mol. The molecule has 4 aliphatic rings. The summed E-state index contributed by atoms with van der Waals surface area (Å²) >= 11 is 5.85. The highest BCUT2D eigenvalue weighted by Gasteiger charge is 2.62. The number of aliphatic hydroxyl groups is 1. The summed E-state index contributed by atoms with van der Waals surface area (Å²) in [7, 11) is 1.64. The Labute approximate surface area is 173 Å². The maximum atomic E-state index is 12.5. The number of esters is 1. The summed E-state index contributed by atoms with van der Waals surface area (Å²) in [6.07, 6.45) is 0.767. The minimum Gasteiger partial charge on any atom is -0.497 e. The van der Waals surface area contributed by atoms with Gasteiger partial charge in [-0.05, 0) is 48.5 Å². The van der Waals surface area contributed by atoms with E-state index in [-0.39, 0.29) is 18.1 Å². The molecule has 0 spiro atoms. The van der Waals surface area contributed by atoms with E-state index in [0.717, 1.165) is 17.1 Å². The molecule has 1 aliphatic carbocycles. The third-order valence-electron chi connectivity index (χ3n) is 6.16. The van der Waals surface area contributed by atoms with Crippen molar-refractivity contribution in [2.75, 3.05) is 7.11 Å². The zero-order chi connectivity index (χ0) is 20.1. The fraction of sp³-hybridized carbons (Fsp3) is 0.429. The number of thiocarbonyl (C=S) groups is 1. The fourth-order valence-corrected chi connectivity index (χ4v) is 5.20. The molecular formula is C21H22N2O5S. The molecule has 1 aromatic carbocycles. The number of furan rings is 1. The average molecular weight is 414 g/mol. The summed E-state index contributed by atoms with van der Waals surface area (Å²) in [6, 6.07) is 11.2. The van der Waals surface area contributed by atoms with Gasteiger partial charge in [-0.1, -0.05) is 12.1 Å². The molecule has 2 bridgehead atoms. The zero-order valence-electron chi connectivity index (χ0n) is 15.9. The fourth-order valence-electron chi connectivity index (χ4n) is 4.83. The molecule has 1 saturated carbocycles. The van der Waals surface area contributed by atoms with Crippen LogP contribution in [-0.4, -0.2) is 57.4 Å². The van der Waals surface area contributed by atoms with Crippen LogP contribution in [-0.2, 0) is 22.6 Å². The summed E-state index contributed by atoms with van der Waals surface area (Å²) in [5.41, 5.74) is 1.06. The predicted octanol–water partition coefficient (Wildman–Crippen LogP) is 1.93. The second kappa shape index (κ2) is 7.03. The molecule has 4 fully saturated rings. The van der Waals surface area contributed by atoms with E-state index in [1.54, 1.807) is 13.4 Å². The van der Waals surface area contributed by atoms with E-state index in [1.807, 2.05) is 36.4 Å². The third kappa shape index (κ3) is 2.98. The van der Waals surface area contributed by atoms with Crippen LogP contribution in [0.1, 0.15) is 17.7 Å². The van der Waals surface area contributed by atoms with Crippen molar-refractivity contribution in [2.45, 2.75) is 43.8 Å². The number of hydrogen-bond acceptors (Lipinski definition) is 6. The van der Waals surface area contributed by atoms with Gasteiger partial charge in [-0.25, -0.2) is 0 Å². The van der Waals surface area contributed by atoms with Crippen LogP contribution in [0.4, 0.5) is 0 Å². The summed E-state index contributed by atoms with van der Waals surface area (Å²) in [5, 5.41) is 11.2. The maximum absolute atomic E-state index is 12.5. The first-order chi connectivity index (χ1) is 14.1. The lowest BCUT2D eigenvalue weighted by atomic mass is 9.74. The van der Waals surface area contributed by atoms with Crippen molar-refractivity contribution in [3.05, 3.63) is 54.0 Å². The maximum Gasteiger partial charge on any atom is 0.311 e. The molecule has 0 amide bonds. The summed E-state index contributed by atoms with van der Waals surface area (Å²) in [5.74, 6) is 0.915. The number of aliphatic hydroxyl groups excluding tert-OH is 1. The molecule has 3 saturated heterocycles. The zero-order valence-corrected chi connectivity index (χ0v) is 16.7. The minimum atomic E-state index is -0.677. The first-order valence-corrected chi connectivity index (χ1v) is 10.1. The second-order valence-corrected chi connectivity index (χ2v) is 8.12. The summed E-state index contributed by atoms with van der Waals surface area (Å²) in [4.78, 5) is 16.6. The van der Waals surface area contributed by atoms with E-state index in [9.17, 15) is 9.90 Å². The first-order valence-electron chi connectivity index (χ1n) is 9.68. The van der Waals surface area contributed by atoms with Crippen LogP contribution in [0.25, 0.3) is 0 Å². The highest BCUT2D eigenvalue weighted by atomic mass is 32.1. The van der Waals surface area contributed by atoms with E-state index in [0.29, 0.717) is 24.6 Å². The highest BCUT2D eigenvalue weighted by molar-refractivity contribution is 7.80. The van der Waals surface area contributed by atoms with E-state index in [4.69, 9.17) is 26.1 Å². The molecule has 6 rings (SSSR count). The van der Waals surface area contributed by atoms with Gasteiger partial charge in [-0.15, -0.1) is 0 Å². The smallest absolute Gasteiger partial charge is 0.311 e. The molecule has 7 nitrogen and oxygen atoms in total. The van der Waals surface area contributed by atoms with Crippen molar-refractivity contribution >= 4 is 23.3 Å². The van der Waals surface area contributed by atoms with Crippen molar-refractivity contribution in [2.24, 2.45) is 5.92 Å². The molecule has 5 atom stereocenters. The van der Waals surface area contributed by atoms with Gasteiger partial charge >= 0.3 is 5.97 Å². The number of carbonyl (C=O) groups excluding carboxylic acids is 1. The van der Waals surface area contributed by atoms with E-state index < -0.39 is 18.1 Å². The molecule has 2 aromatic rings.